The van der Waals surface area contributed by atoms with E-state index >= 15 is 0 Å². The Kier molecular flexibility index (Phi) is 4.74. The Hall–Kier alpha value is -2.99. The molecule has 0 aliphatic heterocycles. The summed E-state index contributed by atoms with van der Waals surface area (Å²) in [6.07, 6.45) is 0. The predicted octanol–water partition coefficient (Wildman–Crippen LogP) is 3.96. The lowest BCUT2D eigenvalue weighted by Gasteiger charge is -2.15. The van der Waals surface area contributed by atoms with Gasteiger partial charge in [-0.2, -0.15) is 0 Å². The summed E-state index contributed by atoms with van der Waals surface area (Å²) in [6.45, 7) is 4.56. The highest BCUT2D eigenvalue weighted by molar-refractivity contribution is 6.30. The number of ether oxygens (including phenoxy) is 1. The quantitative estimate of drug-likeness (QED) is 0.510. The topological polar surface area (TPSA) is 58.2 Å². The summed E-state index contributed by atoms with van der Waals surface area (Å²) in [5.74, 6) is 0.884. The molecule has 0 amide bonds. The van der Waals surface area contributed by atoms with E-state index in [-0.39, 0.29) is 17.2 Å². The monoisotopic (exact) mass is 411 g/mol. The zero-order valence-corrected chi connectivity index (χ0v) is 17.5. The van der Waals surface area contributed by atoms with Gasteiger partial charge in [-0.15, -0.1) is 0 Å². The number of halogens is 1. The normalized spacial score (nSPS) is 11.7. The van der Waals surface area contributed by atoms with Crippen LogP contribution in [-0.4, -0.2) is 20.8 Å². The molecule has 0 fully saturated rings. The van der Waals surface area contributed by atoms with Gasteiger partial charge in [-0.3, -0.25) is 9.36 Å². The highest BCUT2D eigenvalue weighted by Crippen LogP contribution is 2.29. The summed E-state index contributed by atoms with van der Waals surface area (Å²) in [6, 6.07) is 12.4. The van der Waals surface area contributed by atoms with Crippen molar-refractivity contribution in [2.45, 2.75) is 20.4 Å². The van der Waals surface area contributed by atoms with E-state index in [1.54, 1.807) is 35.9 Å². The molecule has 0 aliphatic carbocycles. The molecule has 0 saturated carbocycles. The summed E-state index contributed by atoms with van der Waals surface area (Å²) in [5.41, 5.74) is 1.66. The lowest BCUT2D eigenvalue weighted by atomic mass is 10.2. The molecule has 0 unspecified atom stereocenters. The van der Waals surface area contributed by atoms with Crippen LogP contribution in [0.2, 0.25) is 5.02 Å². The molecule has 0 aliphatic rings. The molecule has 29 heavy (non-hydrogen) atoms. The maximum atomic E-state index is 13.5. The zero-order valence-electron chi connectivity index (χ0n) is 16.8. The number of nitrogens with zero attached hydrogens (tertiary/aromatic N) is 3. The van der Waals surface area contributed by atoms with Gasteiger partial charge in [0.25, 0.3) is 5.56 Å². The Morgan fingerprint density at radius 1 is 1.07 bits per heavy atom. The van der Waals surface area contributed by atoms with Crippen LogP contribution in [0.1, 0.15) is 13.8 Å². The van der Waals surface area contributed by atoms with Crippen LogP contribution < -0.4 is 16.0 Å². The second-order valence-electron chi connectivity index (χ2n) is 7.55. The number of hydrogen-bond donors (Lipinski definition) is 0. The highest BCUT2D eigenvalue weighted by atomic mass is 35.5. The highest BCUT2D eigenvalue weighted by Gasteiger charge is 2.22. The van der Waals surface area contributed by atoms with Gasteiger partial charge in [-0.25, -0.2) is 9.36 Å². The van der Waals surface area contributed by atoms with Crippen molar-refractivity contribution in [1.82, 2.24) is 13.7 Å². The maximum absolute atomic E-state index is 13.5. The molecule has 0 bridgehead atoms. The largest absolute Gasteiger partial charge is 0.497 e. The minimum absolute atomic E-state index is 0.210. The van der Waals surface area contributed by atoms with Gasteiger partial charge >= 0.3 is 5.69 Å². The van der Waals surface area contributed by atoms with Crippen LogP contribution >= 0.6 is 11.6 Å². The van der Waals surface area contributed by atoms with Crippen molar-refractivity contribution in [2.75, 3.05) is 7.11 Å². The van der Waals surface area contributed by atoms with Crippen molar-refractivity contribution in [3.8, 4) is 11.4 Å². The summed E-state index contributed by atoms with van der Waals surface area (Å²) in [4.78, 5) is 27.0. The first-order valence-electron chi connectivity index (χ1n) is 9.41. The van der Waals surface area contributed by atoms with Crippen LogP contribution in [0.15, 0.2) is 52.1 Å². The fraction of sp³-hybridized carbons (Fsp3) is 0.273. The van der Waals surface area contributed by atoms with Gasteiger partial charge in [0.15, 0.2) is 0 Å². The average molecular weight is 412 g/mol. The van der Waals surface area contributed by atoms with Crippen LogP contribution in [0, 0.1) is 5.92 Å². The molecule has 2 aromatic heterocycles. The molecule has 2 heterocycles. The number of methoxy groups -OCH3 is 1. The number of hydrogen-bond acceptors (Lipinski definition) is 3. The molecule has 6 nitrogen and oxygen atoms in total. The van der Waals surface area contributed by atoms with E-state index in [4.69, 9.17) is 16.3 Å². The predicted molar refractivity (Wildman–Crippen MR) is 117 cm³/mol. The lowest BCUT2D eigenvalue weighted by molar-refractivity contribution is 0.415. The first kappa shape index (κ1) is 19.3. The molecule has 2 aromatic carbocycles. The fourth-order valence-corrected chi connectivity index (χ4v) is 4.02. The summed E-state index contributed by atoms with van der Waals surface area (Å²) >= 11 is 6.13. The average Bonchev–Trinajstić information content (AvgIpc) is 2.97. The lowest BCUT2D eigenvalue weighted by Crippen LogP contribution is -2.40. The van der Waals surface area contributed by atoms with Crippen LogP contribution in [0.4, 0.5) is 0 Å². The minimum atomic E-state index is -0.381. The Labute approximate surface area is 172 Å². The Morgan fingerprint density at radius 2 is 1.83 bits per heavy atom. The van der Waals surface area contributed by atoms with Crippen molar-refractivity contribution in [2.24, 2.45) is 13.0 Å². The van der Waals surface area contributed by atoms with E-state index in [1.165, 1.54) is 4.57 Å². The van der Waals surface area contributed by atoms with E-state index in [9.17, 15) is 9.59 Å². The van der Waals surface area contributed by atoms with E-state index in [1.807, 2.05) is 43.7 Å². The SMILES string of the molecule is COc1ccc2c(c1)c1c(c(=O)n(-c3cccc(Cl)c3)c(=O)n1CC(C)C)n2C. The van der Waals surface area contributed by atoms with Crippen LogP contribution in [0.3, 0.4) is 0 Å². The minimum Gasteiger partial charge on any atom is -0.497 e. The van der Waals surface area contributed by atoms with E-state index in [2.05, 4.69) is 0 Å². The Balaban J connectivity index is 2.24. The fourth-order valence-electron chi connectivity index (χ4n) is 3.84. The molecule has 4 aromatic rings. The number of aromatic nitrogens is 3. The third-order valence-corrected chi connectivity index (χ3v) is 5.33. The van der Waals surface area contributed by atoms with E-state index in [0.717, 1.165) is 10.9 Å². The second kappa shape index (κ2) is 7.12. The van der Waals surface area contributed by atoms with E-state index < -0.39 is 0 Å². The van der Waals surface area contributed by atoms with Crippen molar-refractivity contribution >= 4 is 33.5 Å². The number of rotatable bonds is 4. The van der Waals surface area contributed by atoms with Gasteiger partial charge in [-0.1, -0.05) is 31.5 Å². The molecule has 0 N–H and O–H groups in total. The third kappa shape index (κ3) is 3.04. The molecule has 0 saturated heterocycles. The first-order chi connectivity index (χ1) is 13.8. The molecular formula is C22H22ClN3O3. The first-order valence-corrected chi connectivity index (χ1v) is 9.79. The van der Waals surface area contributed by atoms with Gasteiger partial charge in [0.05, 0.1) is 23.8 Å². The van der Waals surface area contributed by atoms with Crippen molar-refractivity contribution < 1.29 is 4.74 Å². The number of benzene rings is 2. The molecule has 0 spiro atoms. The van der Waals surface area contributed by atoms with Crippen molar-refractivity contribution in [3.05, 3.63) is 68.3 Å². The molecule has 150 valence electrons. The standard InChI is InChI=1S/C22H22ClN3O3/c1-13(2)12-25-19-17-11-16(29-4)8-9-18(17)24(3)20(19)21(27)26(22(25)28)15-7-5-6-14(23)10-15/h5-11,13H,12H2,1-4H3. The van der Waals surface area contributed by atoms with Crippen LogP contribution in [0.25, 0.3) is 27.6 Å². The van der Waals surface area contributed by atoms with Gasteiger partial charge in [0.2, 0.25) is 0 Å². The summed E-state index contributed by atoms with van der Waals surface area (Å²) < 4.78 is 10.1. The third-order valence-electron chi connectivity index (χ3n) is 5.09. The molecule has 4 rings (SSSR count). The molecule has 0 atom stereocenters. The Bertz CT molecular complexity index is 1360. The zero-order chi connectivity index (χ0) is 20.9. The van der Waals surface area contributed by atoms with Crippen LogP contribution in [0.5, 0.6) is 5.75 Å². The van der Waals surface area contributed by atoms with Crippen LogP contribution in [-0.2, 0) is 13.6 Å². The van der Waals surface area contributed by atoms with Gasteiger partial charge in [-0.05, 0) is 42.3 Å². The van der Waals surface area contributed by atoms with Gasteiger partial charge in [0, 0.05) is 24.0 Å². The van der Waals surface area contributed by atoms with Crippen molar-refractivity contribution in [3.63, 3.8) is 0 Å². The van der Waals surface area contributed by atoms with E-state index in [0.29, 0.717) is 34.0 Å². The van der Waals surface area contributed by atoms with Gasteiger partial charge < -0.3 is 9.30 Å². The van der Waals surface area contributed by atoms with Gasteiger partial charge in [0.1, 0.15) is 11.3 Å². The second-order valence-corrected chi connectivity index (χ2v) is 7.98. The van der Waals surface area contributed by atoms with Crippen molar-refractivity contribution in [1.29, 1.82) is 0 Å². The number of aryl methyl sites for hydroxylation is 1. The molecule has 0 radical (unpaired) electrons. The number of fused-ring (bicyclic) bond motifs is 3. The molecular weight excluding hydrogens is 390 g/mol. The smallest absolute Gasteiger partial charge is 0.336 e. The maximum Gasteiger partial charge on any atom is 0.336 e. The summed E-state index contributed by atoms with van der Waals surface area (Å²) in [5, 5.41) is 1.28. The Morgan fingerprint density at radius 3 is 2.48 bits per heavy atom. The summed E-state index contributed by atoms with van der Waals surface area (Å²) in [7, 11) is 3.44. The molecule has 7 heteroatoms.